The molecule has 2 atom stereocenters. The summed E-state index contributed by atoms with van der Waals surface area (Å²) in [5, 5.41) is 6.44. The van der Waals surface area contributed by atoms with Crippen molar-refractivity contribution in [2.24, 2.45) is 5.41 Å². The van der Waals surface area contributed by atoms with Gasteiger partial charge in [-0.1, -0.05) is 30.3 Å². The number of benzene rings is 1. The number of carbonyl (C=O) groups excluding carboxylic acids is 1. The lowest BCUT2D eigenvalue weighted by molar-refractivity contribution is -0.131. The van der Waals surface area contributed by atoms with E-state index in [0.717, 1.165) is 31.5 Å². The maximum Gasteiger partial charge on any atom is 0.227 e. The van der Waals surface area contributed by atoms with Crippen LogP contribution in [0.2, 0.25) is 0 Å². The van der Waals surface area contributed by atoms with Gasteiger partial charge in [-0.25, -0.2) is 0 Å². The number of nitrogens with one attached hydrogen (secondary N) is 2. The molecule has 1 aliphatic rings. The summed E-state index contributed by atoms with van der Waals surface area (Å²) >= 11 is 0. The molecule has 0 spiro atoms. The van der Waals surface area contributed by atoms with E-state index in [-0.39, 0.29) is 17.4 Å². The third-order valence-electron chi connectivity index (χ3n) is 3.79. The Balaban J connectivity index is 1.98. The van der Waals surface area contributed by atoms with E-state index < -0.39 is 0 Å². The van der Waals surface area contributed by atoms with Crippen molar-refractivity contribution in [3.63, 3.8) is 0 Å². The largest absolute Gasteiger partial charge is 0.349 e. The van der Waals surface area contributed by atoms with Crippen LogP contribution in [0.4, 0.5) is 0 Å². The van der Waals surface area contributed by atoms with Gasteiger partial charge in [0.25, 0.3) is 0 Å². The van der Waals surface area contributed by atoms with Crippen LogP contribution in [-0.4, -0.2) is 19.0 Å². The fraction of sp³-hybridized carbons (Fsp3) is 0.533. The molecule has 2 rings (SSSR count). The quantitative estimate of drug-likeness (QED) is 0.859. The van der Waals surface area contributed by atoms with Crippen LogP contribution in [0.1, 0.15) is 38.3 Å². The number of hydrogen-bond acceptors (Lipinski definition) is 2. The highest BCUT2D eigenvalue weighted by molar-refractivity contribution is 5.83. The topological polar surface area (TPSA) is 41.1 Å². The second kappa shape index (κ2) is 5.53. The summed E-state index contributed by atoms with van der Waals surface area (Å²) < 4.78 is 0. The van der Waals surface area contributed by atoms with Gasteiger partial charge in [0.05, 0.1) is 11.5 Å². The number of rotatable bonds is 3. The lowest BCUT2D eigenvalue weighted by atomic mass is 9.81. The van der Waals surface area contributed by atoms with Crippen molar-refractivity contribution in [3.8, 4) is 0 Å². The van der Waals surface area contributed by atoms with E-state index in [1.165, 1.54) is 0 Å². The molecule has 98 valence electrons. The summed E-state index contributed by atoms with van der Waals surface area (Å²) in [6.45, 7) is 5.89. The van der Waals surface area contributed by atoms with Crippen molar-refractivity contribution in [2.75, 3.05) is 13.1 Å². The minimum atomic E-state index is -0.263. The summed E-state index contributed by atoms with van der Waals surface area (Å²) in [5.41, 5.74) is 0.889. The minimum absolute atomic E-state index is 0.0671. The number of carbonyl (C=O) groups is 1. The summed E-state index contributed by atoms with van der Waals surface area (Å²) in [4.78, 5) is 12.4. The third kappa shape index (κ3) is 2.91. The molecule has 2 N–H and O–H groups in total. The molecule has 1 aromatic carbocycles. The van der Waals surface area contributed by atoms with Crippen LogP contribution < -0.4 is 10.6 Å². The minimum Gasteiger partial charge on any atom is -0.349 e. The summed E-state index contributed by atoms with van der Waals surface area (Å²) in [5.74, 6) is 0.158. The van der Waals surface area contributed by atoms with Crippen LogP contribution in [0.15, 0.2) is 30.3 Å². The fourth-order valence-electron chi connectivity index (χ4n) is 2.45. The Morgan fingerprint density at radius 1 is 1.39 bits per heavy atom. The smallest absolute Gasteiger partial charge is 0.227 e. The van der Waals surface area contributed by atoms with Gasteiger partial charge in [0, 0.05) is 6.54 Å². The fourth-order valence-corrected chi connectivity index (χ4v) is 2.45. The Labute approximate surface area is 109 Å². The van der Waals surface area contributed by atoms with Crippen molar-refractivity contribution in [1.82, 2.24) is 10.6 Å². The van der Waals surface area contributed by atoms with Crippen LogP contribution in [0, 0.1) is 5.41 Å². The predicted molar refractivity (Wildman–Crippen MR) is 73.2 cm³/mol. The van der Waals surface area contributed by atoms with Crippen molar-refractivity contribution in [1.29, 1.82) is 0 Å². The predicted octanol–water partition coefficient (Wildman–Crippen LogP) is 2.25. The average Bonchev–Trinajstić information content (AvgIpc) is 2.40. The number of hydrogen-bond donors (Lipinski definition) is 2. The van der Waals surface area contributed by atoms with Gasteiger partial charge in [0.1, 0.15) is 0 Å². The van der Waals surface area contributed by atoms with E-state index in [1.807, 2.05) is 44.2 Å². The Morgan fingerprint density at radius 3 is 2.72 bits per heavy atom. The molecule has 0 aliphatic carbocycles. The summed E-state index contributed by atoms with van der Waals surface area (Å²) in [6, 6.07) is 10.2. The molecule has 0 bridgehead atoms. The molecule has 1 amide bonds. The second-order valence-electron chi connectivity index (χ2n) is 5.45. The van der Waals surface area contributed by atoms with Crippen LogP contribution >= 0.6 is 0 Å². The highest BCUT2D eigenvalue weighted by atomic mass is 16.2. The molecule has 1 aliphatic heterocycles. The first kappa shape index (κ1) is 13.1. The molecule has 18 heavy (non-hydrogen) atoms. The molecule has 1 fully saturated rings. The zero-order chi connectivity index (χ0) is 13.0. The first-order valence-corrected chi connectivity index (χ1v) is 6.68. The van der Waals surface area contributed by atoms with Crippen LogP contribution in [0.25, 0.3) is 0 Å². The highest BCUT2D eigenvalue weighted by Gasteiger charge is 2.35. The van der Waals surface area contributed by atoms with Gasteiger partial charge in [0.2, 0.25) is 5.91 Å². The highest BCUT2D eigenvalue weighted by Crippen LogP contribution is 2.26. The standard InChI is InChI=1S/C15H22N2O/c1-12(13-7-4-3-5-8-13)17-14(18)15(2)9-6-10-16-11-15/h3-5,7-8,12,16H,6,9-11H2,1-2H3,(H,17,18)/t12-,15?/m1/s1. The van der Waals surface area contributed by atoms with E-state index in [1.54, 1.807) is 0 Å². The second-order valence-corrected chi connectivity index (χ2v) is 5.45. The molecular weight excluding hydrogens is 224 g/mol. The van der Waals surface area contributed by atoms with Crippen molar-refractivity contribution >= 4 is 5.91 Å². The van der Waals surface area contributed by atoms with Crippen molar-refractivity contribution in [3.05, 3.63) is 35.9 Å². The van der Waals surface area contributed by atoms with Crippen LogP contribution in [0.5, 0.6) is 0 Å². The lowest BCUT2D eigenvalue weighted by Crippen LogP contribution is -2.49. The van der Waals surface area contributed by atoms with E-state index >= 15 is 0 Å². The Morgan fingerprint density at radius 2 is 2.11 bits per heavy atom. The Bertz CT molecular complexity index is 396. The van der Waals surface area contributed by atoms with Gasteiger partial charge in [-0.3, -0.25) is 4.79 Å². The first-order chi connectivity index (χ1) is 8.62. The van der Waals surface area contributed by atoms with E-state index in [0.29, 0.717) is 0 Å². The van der Waals surface area contributed by atoms with Crippen LogP contribution in [0.3, 0.4) is 0 Å². The Kier molecular flexibility index (Phi) is 4.02. The van der Waals surface area contributed by atoms with E-state index in [4.69, 9.17) is 0 Å². The van der Waals surface area contributed by atoms with Gasteiger partial charge >= 0.3 is 0 Å². The number of piperidine rings is 1. The zero-order valence-electron chi connectivity index (χ0n) is 11.2. The molecule has 0 saturated carbocycles. The van der Waals surface area contributed by atoms with E-state index in [2.05, 4.69) is 10.6 Å². The van der Waals surface area contributed by atoms with Gasteiger partial charge < -0.3 is 10.6 Å². The first-order valence-electron chi connectivity index (χ1n) is 6.68. The molecular formula is C15H22N2O. The normalized spacial score (nSPS) is 25.4. The average molecular weight is 246 g/mol. The SMILES string of the molecule is C[C@@H](NC(=O)C1(C)CCCNC1)c1ccccc1. The summed E-state index contributed by atoms with van der Waals surface area (Å²) in [6.07, 6.45) is 2.04. The van der Waals surface area contributed by atoms with Crippen molar-refractivity contribution < 1.29 is 4.79 Å². The van der Waals surface area contributed by atoms with Gasteiger partial charge in [-0.15, -0.1) is 0 Å². The lowest BCUT2D eigenvalue weighted by Gasteiger charge is -2.33. The maximum absolute atomic E-state index is 12.4. The summed E-state index contributed by atoms with van der Waals surface area (Å²) in [7, 11) is 0. The van der Waals surface area contributed by atoms with Crippen molar-refractivity contribution in [2.45, 2.75) is 32.7 Å². The molecule has 0 radical (unpaired) electrons. The van der Waals surface area contributed by atoms with Gasteiger partial charge in [0.15, 0.2) is 0 Å². The van der Waals surface area contributed by atoms with Crippen LogP contribution in [-0.2, 0) is 4.79 Å². The Hall–Kier alpha value is -1.35. The number of amides is 1. The maximum atomic E-state index is 12.4. The molecule has 3 nitrogen and oxygen atoms in total. The molecule has 3 heteroatoms. The van der Waals surface area contributed by atoms with E-state index in [9.17, 15) is 4.79 Å². The molecule has 1 saturated heterocycles. The molecule has 1 aromatic rings. The molecule has 1 heterocycles. The third-order valence-corrected chi connectivity index (χ3v) is 3.79. The van der Waals surface area contributed by atoms with Gasteiger partial charge in [-0.2, -0.15) is 0 Å². The van der Waals surface area contributed by atoms with Gasteiger partial charge in [-0.05, 0) is 38.8 Å². The molecule has 1 unspecified atom stereocenters. The zero-order valence-corrected chi connectivity index (χ0v) is 11.2. The monoisotopic (exact) mass is 246 g/mol. The molecule has 0 aromatic heterocycles.